The molecule has 5 heteroatoms. The van der Waals surface area contributed by atoms with Crippen LogP contribution < -0.4 is 10.2 Å². The average Bonchev–Trinajstić information content (AvgIpc) is 2.18. The number of ether oxygens (including phenoxy) is 2. The molecule has 0 bridgehead atoms. The third kappa shape index (κ3) is 1.83. The Morgan fingerprint density at radius 1 is 1.50 bits per heavy atom. The number of hydrogen-bond donors (Lipinski definition) is 2. The first kappa shape index (κ1) is 9.73. The first-order chi connectivity index (χ1) is 6.81. The second-order valence-corrected chi connectivity index (χ2v) is 3.44. The van der Waals surface area contributed by atoms with E-state index in [1.165, 1.54) is 0 Å². The first-order valence-electron chi connectivity index (χ1n) is 4.20. The smallest absolute Gasteiger partial charge is 0.189 e. The molecule has 1 heterocycles. The molecule has 1 aromatic rings. The van der Waals surface area contributed by atoms with E-state index in [0.29, 0.717) is 18.2 Å². The van der Waals surface area contributed by atoms with Crippen molar-refractivity contribution in [2.75, 3.05) is 6.79 Å². The maximum absolute atomic E-state index is 8.63. The van der Waals surface area contributed by atoms with E-state index in [9.17, 15) is 0 Å². The number of nitrogens with one attached hydrogen (secondary N) is 1. The predicted octanol–water partition coefficient (Wildman–Crippen LogP) is 1.69. The van der Waals surface area contributed by atoms with E-state index in [0.717, 1.165) is 16.9 Å². The molecule has 2 N–H and O–H groups in total. The van der Waals surface area contributed by atoms with E-state index in [4.69, 9.17) is 26.3 Å². The molecule has 0 spiro atoms. The Bertz CT molecular complexity index is 343. The van der Waals surface area contributed by atoms with Gasteiger partial charge in [0.25, 0.3) is 0 Å². The molecule has 1 aliphatic rings. The van der Waals surface area contributed by atoms with Crippen molar-refractivity contribution < 1.29 is 14.7 Å². The minimum atomic E-state index is 0.243. The van der Waals surface area contributed by atoms with Crippen LogP contribution >= 0.6 is 11.6 Å². The molecule has 0 aliphatic carbocycles. The summed E-state index contributed by atoms with van der Waals surface area (Å²) in [6.45, 7) is 1.05. The monoisotopic (exact) mass is 215 g/mol. The van der Waals surface area contributed by atoms with Gasteiger partial charge in [-0.1, -0.05) is 11.6 Å². The van der Waals surface area contributed by atoms with Gasteiger partial charge in [-0.05, 0) is 12.1 Å². The van der Waals surface area contributed by atoms with Crippen LogP contribution in [0.2, 0.25) is 5.02 Å². The van der Waals surface area contributed by atoms with Gasteiger partial charge in [0.2, 0.25) is 0 Å². The molecule has 1 aliphatic heterocycles. The zero-order valence-corrected chi connectivity index (χ0v) is 8.17. The second-order valence-electron chi connectivity index (χ2n) is 3.00. The molecule has 0 aromatic heterocycles. The SMILES string of the molecule is ONCc1cc(Cl)cc2c1OCOC2. The van der Waals surface area contributed by atoms with Crippen LogP contribution in [-0.2, 0) is 17.9 Å². The molecule has 0 amide bonds. The van der Waals surface area contributed by atoms with Crippen LogP contribution in [0.3, 0.4) is 0 Å². The summed E-state index contributed by atoms with van der Waals surface area (Å²) in [5.41, 5.74) is 3.82. The Balaban J connectivity index is 2.41. The Morgan fingerprint density at radius 3 is 3.14 bits per heavy atom. The molecule has 0 fully saturated rings. The number of hydrogen-bond acceptors (Lipinski definition) is 4. The summed E-state index contributed by atoms with van der Waals surface area (Å²) in [7, 11) is 0. The van der Waals surface area contributed by atoms with Crippen molar-refractivity contribution >= 4 is 11.6 Å². The van der Waals surface area contributed by atoms with E-state index in [1.54, 1.807) is 12.1 Å². The average molecular weight is 216 g/mol. The number of fused-ring (bicyclic) bond motifs is 1. The fourth-order valence-electron chi connectivity index (χ4n) is 1.47. The minimum Gasteiger partial charge on any atom is -0.467 e. The molecule has 0 unspecified atom stereocenters. The molecule has 0 radical (unpaired) electrons. The van der Waals surface area contributed by atoms with Gasteiger partial charge in [0, 0.05) is 22.7 Å². The van der Waals surface area contributed by atoms with Crippen molar-refractivity contribution in [3.63, 3.8) is 0 Å². The van der Waals surface area contributed by atoms with Gasteiger partial charge in [-0.2, -0.15) is 0 Å². The molecule has 14 heavy (non-hydrogen) atoms. The van der Waals surface area contributed by atoms with Crippen LogP contribution in [0.25, 0.3) is 0 Å². The highest BCUT2D eigenvalue weighted by molar-refractivity contribution is 6.30. The maximum atomic E-state index is 8.63. The molecule has 4 nitrogen and oxygen atoms in total. The lowest BCUT2D eigenvalue weighted by atomic mass is 10.1. The van der Waals surface area contributed by atoms with Crippen LogP contribution in [0, 0.1) is 0 Å². The minimum absolute atomic E-state index is 0.243. The van der Waals surface area contributed by atoms with Crippen LogP contribution in [0.1, 0.15) is 11.1 Å². The number of rotatable bonds is 2. The predicted molar refractivity (Wildman–Crippen MR) is 50.4 cm³/mol. The standard InChI is InChI=1S/C9H10ClNO3/c10-8-1-6(3-11-12)9-7(2-8)4-13-5-14-9/h1-2,11-12H,3-5H2. The number of benzene rings is 1. The summed E-state index contributed by atoms with van der Waals surface area (Å²) in [6, 6.07) is 3.56. The quantitative estimate of drug-likeness (QED) is 0.738. The number of hydroxylamine groups is 1. The van der Waals surface area contributed by atoms with Gasteiger partial charge < -0.3 is 14.7 Å². The summed E-state index contributed by atoms with van der Waals surface area (Å²) >= 11 is 5.90. The van der Waals surface area contributed by atoms with Gasteiger partial charge in [0.05, 0.1) is 6.61 Å². The van der Waals surface area contributed by atoms with Crippen molar-refractivity contribution in [2.24, 2.45) is 0 Å². The van der Waals surface area contributed by atoms with Crippen molar-refractivity contribution in [3.8, 4) is 5.75 Å². The third-order valence-corrected chi connectivity index (χ3v) is 2.24. The Morgan fingerprint density at radius 2 is 2.36 bits per heavy atom. The Hall–Kier alpha value is -0.810. The molecule has 76 valence electrons. The van der Waals surface area contributed by atoms with E-state index in [1.807, 2.05) is 0 Å². The zero-order chi connectivity index (χ0) is 9.97. The molecule has 0 saturated heterocycles. The lowest BCUT2D eigenvalue weighted by Crippen LogP contribution is -2.15. The summed E-state index contributed by atoms with van der Waals surface area (Å²) in [6.07, 6.45) is 0. The van der Waals surface area contributed by atoms with Crippen LogP contribution in [-0.4, -0.2) is 12.0 Å². The highest BCUT2D eigenvalue weighted by Crippen LogP contribution is 2.31. The molecular formula is C9H10ClNO3. The summed E-state index contributed by atoms with van der Waals surface area (Å²) in [4.78, 5) is 0. The van der Waals surface area contributed by atoms with E-state index in [2.05, 4.69) is 5.48 Å². The van der Waals surface area contributed by atoms with Crippen LogP contribution in [0.4, 0.5) is 0 Å². The third-order valence-electron chi connectivity index (χ3n) is 2.02. The fourth-order valence-corrected chi connectivity index (χ4v) is 1.74. The van der Waals surface area contributed by atoms with Gasteiger partial charge >= 0.3 is 0 Å². The lowest BCUT2D eigenvalue weighted by Gasteiger charge is -2.20. The summed E-state index contributed by atoms with van der Waals surface area (Å²) in [5, 5.41) is 9.25. The molecule has 2 rings (SSSR count). The van der Waals surface area contributed by atoms with Gasteiger partial charge in [0.1, 0.15) is 5.75 Å². The fraction of sp³-hybridized carbons (Fsp3) is 0.333. The van der Waals surface area contributed by atoms with Gasteiger partial charge in [0.15, 0.2) is 6.79 Å². The van der Waals surface area contributed by atoms with E-state index in [-0.39, 0.29) is 6.79 Å². The second kappa shape index (κ2) is 4.14. The van der Waals surface area contributed by atoms with Gasteiger partial charge in [-0.15, -0.1) is 0 Å². The van der Waals surface area contributed by atoms with Crippen molar-refractivity contribution in [2.45, 2.75) is 13.2 Å². The zero-order valence-electron chi connectivity index (χ0n) is 7.42. The topological polar surface area (TPSA) is 50.7 Å². The summed E-state index contributed by atoms with van der Waals surface area (Å²) in [5.74, 6) is 0.752. The van der Waals surface area contributed by atoms with Crippen molar-refractivity contribution in [3.05, 3.63) is 28.3 Å². The largest absolute Gasteiger partial charge is 0.467 e. The number of halogens is 1. The highest BCUT2D eigenvalue weighted by Gasteiger charge is 2.15. The lowest BCUT2D eigenvalue weighted by molar-refractivity contribution is -0.0174. The summed E-state index contributed by atoms with van der Waals surface area (Å²) < 4.78 is 10.5. The molecular weight excluding hydrogens is 206 g/mol. The van der Waals surface area contributed by atoms with Crippen molar-refractivity contribution in [1.29, 1.82) is 0 Å². The Labute approximate surface area is 86.3 Å². The van der Waals surface area contributed by atoms with Crippen LogP contribution in [0.5, 0.6) is 5.75 Å². The first-order valence-corrected chi connectivity index (χ1v) is 4.58. The van der Waals surface area contributed by atoms with Crippen molar-refractivity contribution in [1.82, 2.24) is 5.48 Å². The molecule has 1 aromatic carbocycles. The normalized spacial score (nSPS) is 14.7. The molecule has 0 saturated carbocycles. The van der Waals surface area contributed by atoms with E-state index < -0.39 is 0 Å². The van der Waals surface area contributed by atoms with E-state index >= 15 is 0 Å². The highest BCUT2D eigenvalue weighted by atomic mass is 35.5. The maximum Gasteiger partial charge on any atom is 0.189 e. The van der Waals surface area contributed by atoms with Gasteiger partial charge in [-0.3, -0.25) is 0 Å². The Kier molecular flexibility index (Phi) is 2.88. The van der Waals surface area contributed by atoms with Gasteiger partial charge in [-0.25, -0.2) is 5.48 Å². The van der Waals surface area contributed by atoms with Crippen LogP contribution in [0.15, 0.2) is 12.1 Å². The molecule has 0 atom stereocenters.